The second-order valence-corrected chi connectivity index (χ2v) is 4.59. The summed E-state index contributed by atoms with van der Waals surface area (Å²) >= 11 is 0. The number of hydrogen-bond donors (Lipinski definition) is 0. The average molecular weight is 214 g/mol. The molecule has 1 fully saturated rings. The number of benzene rings is 1. The van der Waals surface area contributed by atoms with Crippen molar-refractivity contribution >= 4 is 0 Å². The lowest BCUT2D eigenvalue weighted by Crippen LogP contribution is -2.28. The van der Waals surface area contributed by atoms with Crippen LogP contribution >= 0.6 is 0 Å². The van der Waals surface area contributed by atoms with Crippen LogP contribution in [0.2, 0.25) is 0 Å². The van der Waals surface area contributed by atoms with Crippen LogP contribution in [0, 0.1) is 11.3 Å². The van der Waals surface area contributed by atoms with Gasteiger partial charge in [-0.3, -0.25) is 0 Å². The van der Waals surface area contributed by atoms with Crippen molar-refractivity contribution in [2.75, 3.05) is 13.1 Å². The predicted octanol–water partition coefficient (Wildman–Crippen LogP) is 2.59. The van der Waals surface area contributed by atoms with Crippen LogP contribution in [0.25, 0.3) is 0 Å². The highest BCUT2D eigenvalue weighted by Gasteiger charge is 2.19. The molecule has 0 aromatic heterocycles. The minimum absolute atomic E-state index is 0.735. The van der Waals surface area contributed by atoms with Crippen LogP contribution in [0.15, 0.2) is 24.3 Å². The number of likely N-dealkylation sites (tertiary alicyclic amines) is 1. The summed E-state index contributed by atoms with van der Waals surface area (Å²) in [5.41, 5.74) is 2.05. The Kier molecular flexibility index (Phi) is 3.58. The van der Waals surface area contributed by atoms with Crippen LogP contribution in [0.5, 0.6) is 0 Å². The molecule has 84 valence electrons. The number of nitrogens with zero attached hydrogens (tertiary/aromatic N) is 2. The van der Waals surface area contributed by atoms with Crippen LogP contribution in [0.1, 0.15) is 30.9 Å². The van der Waals surface area contributed by atoms with Crippen molar-refractivity contribution in [3.8, 4) is 6.07 Å². The van der Waals surface area contributed by atoms with Crippen LogP contribution in [-0.4, -0.2) is 24.0 Å². The molecule has 0 amide bonds. The van der Waals surface area contributed by atoms with Gasteiger partial charge in [0.15, 0.2) is 0 Å². The molecular formula is C14H18N2. The third kappa shape index (κ3) is 2.62. The molecule has 1 aliphatic heterocycles. The largest absolute Gasteiger partial charge is 0.300 e. The third-order valence-electron chi connectivity index (χ3n) is 3.43. The van der Waals surface area contributed by atoms with E-state index in [1.54, 1.807) is 0 Å². The van der Waals surface area contributed by atoms with Crippen LogP contribution in [0.3, 0.4) is 0 Å². The standard InChI is InChI=1S/C14H18N2/c1-12-4-3-8-16(12)9-7-13-5-2-6-14(10-13)11-15/h2,5-6,10,12H,3-4,7-9H2,1H3/t12-/m1/s1. The Morgan fingerprint density at radius 1 is 1.50 bits per heavy atom. The van der Waals surface area contributed by atoms with E-state index >= 15 is 0 Å². The second-order valence-electron chi connectivity index (χ2n) is 4.59. The molecule has 0 N–H and O–H groups in total. The molecule has 1 aliphatic rings. The van der Waals surface area contributed by atoms with Crippen molar-refractivity contribution in [2.24, 2.45) is 0 Å². The molecule has 0 radical (unpaired) electrons. The maximum Gasteiger partial charge on any atom is 0.0991 e. The van der Waals surface area contributed by atoms with Gasteiger partial charge in [-0.1, -0.05) is 12.1 Å². The molecule has 2 heteroatoms. The minimum atomic E-state index is 0.735. The van der Waals surface area contributed by atoms with Crippen molar-refractivity contribution in [1.82, 2.24) is 4.90 Å². The number of nitriles is 1. The number of rotatable bonds is 3. The molecule has 2 nitrogen and oxygen atoms in total. The zero-order valence-electron chi connectivity index (χ0n) is 9.82. The molecule has 0 bridgehead atoms. The Morgan fingerprint density at radius 2 is 2.38 bits per heavy atom. The van der Waals surface area contributed by atoms with Gasteiger partial charge >= 0.3 is 0 Å². The summed E-state index contributed by atoms with van der Waals surface area (Å²) in [4.78, 5) is 2.54. The first-order valence-corrected chi connectivity index (χ1v) is 6.02. The quantitative estimate of drug-likeness (QED) is 0.773. The monoisotopic (exact) mass is 214 g/mol. The summed E-state index contributed by atoms with van der Waals surface area (Å²) in [6.07, 6.45) is 3.72. The summed E-state index contributed by atoms with van der Waals surface area (Å²) in [6.45, 7) is 4.66. The molecule has 1 heterocycles. The molecule has 1 atom stereocenters. The van der Waals surface area contributed by atoms with Crippen molar-refractivity contribution < 1.29 is 0 Å². The Labute approximate surface area is 97.5 Å². The zero-order valence-corrected chi connectivity index (χ0v) is 9.82. The van der Waals surface area contributed by atoms with E-state index in [0.29, 0.717) is 0 Å². The highest BCUT2D eigenvalue weighted by Crippen LogP contribution is 2.17. The summed E-state index contributed by atoms with van der Waals surface area (Å²) in [6, 6.07) is 10.9. The minimum Gasteiger partial charge on any atom is -0.300 e. The van der Waals surface area contributed by atoms with Gasteiger partial charge in [-0.2, -0.15) is 5.26 Å². The van der Waals surface area contributed by atoms with Gasteiger partial charge in [-0.05, 0) is 50.4 Å². The van der Waals surface area contributed by atoms with E-state index in [1.807, 2.05) is 18.2 Å². The molecule has 1 saturated heterocycles. The van der Waals surface area contributed by atoms with E-state index in [0.717, 1.165) is 24.6 Å². The molecule has 1 aromatic carbocycles. The predicted molar refractivity (Wildman–Crippen MR) is 65.1 cm³/mol. The van der Waals surface area contributed by atoms with Gasteiger partial charge in [0.25, 0.3) is 0 Å². The van der Waals surface area contributed by atoms with Gasteiger partial charge in [-0.25, -0.2) is 0 Å². The van der Waals surface area contributed by atoms with Crippen molar-refractivity contribution in [3.05, 3.63) is 35.4 Å². The highest BCUT2D eigenvalue weighted by atomic mass is 15.2. The summed E-state index contributed by atoms with van der Waals surface area (Å²) < 4.78 is 0. The molecular weight excluding hydrogens is 196 g/mol. The van der Waals surface area contributed by atoms with Crippen LogP contribution in [-0.2, 0) is 6.42 Å². The Bertz CT molecular complexity index is 392. The second kappa shape index (κ2) is 5.14. The van der Waals surface area contributed by atoms with E-state index in [-0.39, 0.29) is 0 Å². The van der Waals surface area contributed by atoms with Gasteiger partial charge < -0.3 is 4.90 Å². The first-order chi connectivity index (χ1) is 7.79. The van der Waals surface area contributed by atoms with Gasteiger partial charge in [-0.15, -0.1) is 0 Å². The molecule has 0 saturated carbocycles. The summed E-state index contributed by atoms with van der Waals surface area (Å²) in [5, 5.41) is 8.82. The van der Waals surface area contributed by atoms with E-state index < -0.39 is 0 Å². The number of hydrogen-bond acceptors (Lipinski definition) is 2. The van der Waals surface area contributed by atoms with Crippen molar-refractivity contribution in [2.45, 2.75) is 32.2 Å². The normalized spacial score (nSPS) is 20.9. The average Bonchev–Trinajstić information content (AvgIpc) is 2.72. The van der Waals surface area contributed by atoms with Crippen LogP contribution in [0.4, 0.5) is 0 Å². The van der Waals surface area contributed by atoms with Gasteiger partial charge in [0.2, 0.25) is 0 Å². The zero-order chi connectivity index (χ0) is 11.4. The maximum atomic E-state index is 8.82. The summed E-state index contributed by atoms with van der Waals surface area (Å²) in [5.74, 6) is 0. The lowest BCUT2D eigenvalue weighted by Gasteiger charge is -2.20. The SMILES string of the molecule is C[C@@H]1CCCN1CCc1cccc(C#N)c1. The van der Waals surface area contributed by atoms with E-state index in [4.69, 9.17) is 5.26 Å². The fraction of sp³-hybridized carbons (Fsp3) is 0.500. The molecule has 0 unspecified atom stereocenters. The molecule has 16 heavy (non-hydrogen) atoms. The van der Waals surface area contributed by atoms with E-state index in [2.05, 4.69) is 24.0 Å². The fourth-order valence-electron chi connectivity index (χ4n) is 2.39. The first-order valence-electron chi connectivity index (χ1n) is 6.02. The molecule has 0 spiro atoms. The highest BCUT2D eigenvalue weighted by molar-refractivity contribution is 5.32. The van der Waals surface area contributed by atoms with E-state index in [1.165, 1.54) is 24.9 Å². The molecule has 0 aliphatic carbocycles. The van der Waals surface area contributed by atoms with Gasteiger partial charge in [0.1, 0.15) is 0 Å². The lowest BCUT2D eigenvalue weighted by atomic mass is 10.1. The Balaban J connectivity index is 1.92. The fourth-order valence-corrected chi connectivity index (χ4v) is 2.39. The lowest BCUT2D eigenvalue weighted by molar-refractivity contribution is 0.272. The van der Waals surface area contributed by atoms with Gasteiger partial charge in [0, 0.05) is 12.6 Å². The maximum absolute atomic E-state index is 8.82. The van der Waals surface area contributed by atoms with E-state index in [9.17, 15) is 0 Å². The molecule has 2 rings (SSSR count). The molecule has 1 aromatic rings. The first kappa shape index (κ1) is 11.2. The Morgan fingerprint density at radius 3 is 3.06 bits per heavy atom. The Hall–Kier alpha value is -1.33. The van der Waals surface area contributed by atoms with Crippen molar-refractivity contribution in [1.29, 1.82) is 5.26 Å². The van der Waals surface area contributed by atoms with Crippen LogP contribution < -0.4 is 0 Å². The van der Waals surface area contributed by atoms with Gasteiger partial charge in [0.05, 0.1) is 11.6 Å². The third-order valence-corrected chi connectivity index (χ3v) is 3.43. The summed E-state index contributed by atoms with van der Waals surface area (Å²) in [7, 11) is 0. The topological polar surface area (TPSA) is 27.0 Å². The van der Waals surface area contributed by atoms with Crippen molar-refractivity contribution in [3.63, 3.8) is 0 Å². The smallest absolute Gasteiger partial charge is 0.0991 e.